The van der Waals surface area contributed by atoms with Gasteiger partial charge in [0.2, 0.25) is 5.91 Å². The molecule has 1 aromatic carbocycles. The van der Waals surface area contributed by atoms with Crippen LogP contribution in [0.15, 0.2) is 41.8 Å². The fourth-order valence-corrected chi connectivity index (χ4v) is 2.84. The van der Waals surface area contributed by atoms with E-state index in [1.807, 2.05) is 11.4 Å². The van der Waals surface area contributed by atoms with Crippen molar-refractivity contribution in [2.45, 2.75) is 19.3 Å². The lowest BCUT2D eigenvalue weighted by Gasteiger charge is -2.11. The van der Waals surface area contributed by atoms with Gasteiger partial charge in [0.1, 0.15) is 0 Å². The molecule has 2 rings (SSSR count). The van der Waals surface area contributed by atoms with Gasteiger partial charge in [0, 0.05) is 36.6 Å². The summed E-state index contributed by atoms with van der Waals surface area (Å²) in [7, 11) is 3.41. The Hall–Kier alpha value is -2.14. The predicted molar refractivity (Wildman–Crippen MR) is 90.3 cm³/mol. The number of anilines is 1. The van der Waals surface area contributed by atoms with Crippen LogP contribution in [0.4, 0.5) is 5.69 Å². The summed E-state index contributed by atoms with van der Waals surface area (Å²) in [6.45, 7) is 0. The second kappa shape index (κ2) is 7.75. The molecule has 5 heteroatoms. The number of thiophene rings is 1. The summed E-state index contributed by atoms with van der Waals surface area (Å²) in [5.74, 6) is -0.0974. The van der Waals surface area contributed by atoms with Gasteiger partial charge in [0.15, 0.2) is 0 Å². The number of benzene rings is 1. The van der Waals surface area contributed by atoms with Crippen molar-refractivity contribution in [1.29, 1.82) is 0 Å². The molecule has 0 atom stereocenters. The van der Waals surface area contributed by atoms with Gasteiger partial charge in [-0.1, -0.05) is 12.1 Å². The van der Waals surface area contributed by atoms with Gasteiger partial charge in [-0.15, -0.1) is 11.3 Å². The number of nitrogens with one attached hydrogen (secondary N) is 1. The number of carbonyl (C=O) groups excluding carboxylic acids is 2. The molecule has 116 valence electrons. The van der Waals surface area contributed by atoms with Crippen LogP contribution in [0.25, 0.3) is 0 Å². The number of rotatable bonds is 6. The van der Waals surface area contributed by atoms with E-state index in [-0.39, 0.29) is 11.8 Å². The third-order valence-corrected chi connectivity index (χ3v) is 4.14. The van der Waals surface area contributed by atoms with Crippen molar-refractivity contribution < 1.29 is 9.59 Å². The topological polar surface area (TPSA) is 49.4 Å². The van der Waals surface area contributed by atoms with Gasteiger partial charge in [-0.3, -0.25) is 9.59 Å². The monoisotopic (exact) mass is 316 g/mol. The highest BCUT2D eigenvalue weighted by Crippen LogP contribution is 2.14. The zero-order valence-electron chi connectivity index (χ0n) is 12.8. The Morgan fingerprint density at radius 1 is 1.18 bits per heavy atom. The third kappa shape index (κ3) is 4.70. The van der Waals surface area contributed by atoms with E-state index < -0.39 is 0 Å². The van der Waals surface area contributed by atoms with E-state index in [2.05, 4.69) is 11.4 Å². The molecule has 0 aliphatic rings. The minimum absolute atomic E-state index is 0.0222. The van der Waals surface area contributed by atoms with Crippen LogP contribution >= 0.6 is 11.3 Å². The van der Waals surface area contributed by atoms with Crippen molar-refractivity contribution in [1.82, 2.24) is 4.90 Å². The van der Waals surface area contributed by atoms with Crippen molar-refractivity contribution in [2.24, 2.45) is 0 Å². The first kappa shape index (κ1) is 16.2. The number of nitrogens with zero attached hydrogens (tertiary/aromatic N) is 1. The van der Waals surface area contributed by atoms with Crippen LogP contribution in [-0.4, -0.2) is 30.8 Å². The highest BCUT2D eigenvalue weighted by Gasteiger charge is 2.09. The maximum Gasteiger partial charge on any atom is 0.253 e. The van der Waals surface area contributed by atoms with Crippen LogP contribution in [0, 0.1) is 0 Å². The molecule has 2 aromatic rings. The largest absolute Gasteiger partial charge is 0.345 e. The molecule has 0 saturated carbocycles. The average molecular weight is 316 g/mol. The van der Waals surface area contributed by atoms with Crippen LogP contribution in [0.2, 0.25) is 0 Å². The van der Waals surface area contributed by atoms with Crippen LogP contribution in [0.1, 0.15) is 28.1 Å². The average Bonchev–Trinajstić information content (AvgIpc) is 3.00. The van der Waals surface area contributed by atoms with Crippen molar-refractivity contribution in [3.63, 3.8) is 0 Å². The van der Waals surface area contributed by atoms with Crippen molar-refractivity contribution in [3.05, 3.63) is 52.2 Å². The molecule has 0 spiro atoms. The zero-order chi connectivity index (χ0) is 15.9. The molecule has 0 aliphatic carbocycles. The van der Waals surface area contributed by atoms with E-state index >= 15 is 0 Å². The first-order chi connectivity index (χ1) is 10.6. The lowest BCUT2D eigenvalue weighted by Crippen LogP contribution is -2.21. The Morgan fingerprint density at radius 2 is 2.00 bits per heavy atom. The summed E-state index contributed by atoms with van der Waals surface area (Å²) in [6, 6.07) is 11.1. The summed E-state index contributed by atoms with van der Waals surface area (Å²) in [5.41, 5.74) is 1.23. The van der Waals surface area contributed by atoms with Crippen molar-refractivity contribution in [2.75, 3.05) is 19.4 Å². The molecule has 1 heterocycles. The number of hydrogen-bond donors (Lipinski definition) is 1. The van der Waals surface area contributed by atoms with Crippen LogP contribution in [0.3, 0.4) is 0 Å². The van der Waals surface area contributed by atoms with Crippen LogP contribution in [0.5, 0.6) is 0 Å². The Labute approximate surface area is 134 Å². The first-order valence-corrected chi connectivity index (χ1v) is 8.08. The lowest BCUT2D eigenvalue weighted by molar-refractivity contribution is -0.116. The summed E-state index contributed by atoms with van der Waals surface area (Å²) in [6.07, 6.45) is 2.22. The normalized spacial score (nSPS) is 10.3. The Kier molecular flexibility index (Phi) is 5.72. The second-order valence-corrected chi connectivity index (χ2v) is 6.29. The zero-order valence-corrected chi connectivity index (χ0v) is 13.7. The van der Waals surface area contributed by atoms with Gasteiger partial charge < -0.3 is 10.2 Å². The standard InChI is InChI=1S/C17H20N2O2S/c1-19(2)17(21)13-6-3-7-14(12-13)18-16(20)10-4-8-15-9-5-11-22-15/h3,5-7,9,11-12H,4,8,10H2,1-2H3,(H,18,20). The molecule has 1 aromatic heterocycles. The van der Waals surface area contributed by atoms with Crippen LogP contribution in [-0.2, 0) is 11.2 Å². The fraction of sp³-hybridized carbons (Fsp3) is 0.294. The smallest absolute Gasteiger partial charge is 0.253 e. The van der Waals surface area contributed by atoms with E-state index in [4.69, 9.17) is 0 Å². The first-order valence-electron chi connectivity index (χ1n) is 7.20. The van der Waals surface area contributed by atoms with Gasteiger partial charge in [0.05, 0.1) is 0 Å². The van der Waals surface area contributed by atoms with E-state index in [0.717, 1.165) is 12.8 Å². The molecule has 22 heavy (non-hydrogen) atoms. The second-order valence-electron chi connectivity index (χ2n) is 5.26. The SMILES string of the molecule is CN(C)C(=O)c1cccc(NC(=O)CCCc2cccs2)c1. The van der Waals surface area contributed by atoms with Gasteiger partial charge in [-0.05, 0) is 42.5 Å². The predicted octanol–water partition coefficient (Wildman–Crippen LogP) is 3.41. The highest BCUT2D eigenvalue weighted by molar-refractivity contribution is 7.09. The molecule has 0 radical (unpaired) electrons. The minimum Gasteiger partial charge on any atom is -0.345 e. The maximum absolute atomic E-state index is 12.0. The number of hydrogen-bond acceptors (Lipinski definition) is 3. The number of carbonyl (C=O) groups is 2. The minimum atomic E-state index is -0.0752. The Morgan fingerprint density at radius 3 is 2.68 bits per heavy atom. The summed E-state index contributed by atoms with van der Waals surface area (Å²) < 4.78 is 0. The van der Waals surface area contributed by atoms with Gasteiger partial charge in [-0.25, -0.2) is 0 Å². The summed E-state index contributed by atoms with van der Waals surface area (Å²) in [4.78, 5) is 26.7. The molecule has 0 unspecified atom stereocenters. The molecular weight excluding hydrogens is 296 g/mol. The van der Waals surface area contributed by atoms with E-state index in [1.165, 1.54) is 9.78 Å². The molecule has 4 nitrogen and oxygen atoms in total. The van der Waals surface area contributed by atoms with E-state index in [1.54, 1.807) is 49.7 Å². The van der Waals surface area contributed by atoms with E-state index in [9.17, 15) is 9.59 Å². The fourth-order valence-electron chi connectivity index (χ4n) is 2.09. The maximum atomic E-state index is 12.0. The summed E-state index contributed by atoms with van der Waals surface area (Å²) >= 11 is 1.71. The molecular formula is C17H20N2O2S. The van der Waals surface area contributed by atoms with Crippen LogP contribution < -0.4 is 5.32 Å². The number of aryl methyl sites for hydroxylation is 1. The molecule has 0 bridgehead atoms. The lowest BCUT2D eigenvalue weighted by atomic mass is 10.1. The van der Waals surface area contributed by atoms with E-state index in [0.29, 0.717) is 17.7 Å². The molecule has 0 saturated heterocycles. The number of amides is 2. The quantitative estimate of drug-likeness (QED) is 0.888. The highest BCUT2D eigenvalue weighted by atomic mass is 32.1. The molecule has 0 fully saturated rings. The Balaban J connectivity index is 1.86. The Bertz CT molecular complexity index is 636. The van der Waals surface area contributed by atoms with Crippen molar-refractivity contribution >= 4 is 28.8 Å². The summed E-state index contributed by atoms with van der Waals surface area (Å²) in [5, 5.41) is 4.89. The molecule has 0 aliphatic heterocycles. The van der Waals surface area contributed by atoms with Gasteiger partial charge in [0.25, 0.3) is 5.91 Å². The van der Waals surface area contributed by atoms with Crippen molar-refractivity contribution in [3.8, 4) is 0 Å². The van der Waals surface area contributed by atoms with Gasteiger partial charge >= 0.3 is 0 Å². The third-order valence-electron chi connectivity index (χ3n) is 3.21. The molecule has 2 amide bonds. The van der Waals surface area contributed by atoms with Gasteiger partial charge in [-0.2, -0.15) is 0 Å². The molecule has 1 N–H and O–H groups in total.